The van der Waals surface area contributed by atoms with Crippen LogP contribution >= 0.6 is 0 Å². The second kappa shape index (κ2) is 7.21. The second-order valence-electron chi connectivity index (χ2n) is 5.73. The predicted octanol–water partition coefficient (Wildman–Crippen LogP) is 3.07. The van der Waals surface area contributed by atoms with Crippen LogP contribution in [-0.4, -0.2) is 32.5 Å². The first-order chi connectivity index (χ1) is 9.63. The van der Waals surface area contributed by atoms with Gasteiger partial charge in [0, 0.05) is 0 Å². The minimum Gasteiger partial charge on any atom is -0.376 e. The van der Waals surface area contributed by atoms with Gasteiger partial charge in [-0.3, -0.25) is 0 Å². The van der Waals surface area contributed by atoms with Crippen LogP contribution in [-0.2, 0) is 9.47 Å². The van der Waals surface area contributed by atoms with Crippen LogP contribution in [0.1, 0.15) is 41.6 Å². The molecular weight excluding hydrogens is 250 g/mol. The van der Waals surface area contributed by atoms with Gasteiger partial charge in [0.1, 0.15) is 6.10 Å². The number of rotatable bonds is 5. The summed E-state index contributed by atoms with van der Waals surface area (Å²) in [7, 11) is 0. The molecule has 2 unspecified atom stereocenters. The Hall–Kier alpha value is -0.900. The molecule has 2 atom stereocenters. The highest BCUT2D eigenvalue weighted by Crippen LogP contribution is 2.28. The Bertz CT molecular complexity index is 416. The number of hydrogen-bond acceptors (Lipinski definition) is 3. The van der Waals surface area contributed by atoms with Crippen LogP contribution in [0.15, 0.2) is 12.1 Å². The Morgan fingerprint density at radius 2 is 1.90 bits per heavy atom. The van der Waals surface area contributed by atoms with E-state index in [1.54, 1.807) is 0 Å². The van der Waals surface area contributed by atoms with Crippen LogP contribution in [0.3, 0.4) is 0 Å². The normalized spacial score (nSPS) is 20.9. The summed E-state index contributed by atoms with van der Waals surface area (Å²) in [5, 5.41) is 3.65. The van der Waals surface area contributed by atoms with Crippen molar-refractivity contribution < 1.29 is 9.47 Å². The highest BCUT2D eigenvalue weighted by Gasteiger charge is 2.28. The minimum atomic E-state index is 0.107. The molecule has 1 fully saturated rings. The number of nitrogens with one attached hydrogen (secondary N) is 1. The fraction of sp³-hybridized carbons (Fsp3) is 0.647. The van der Waals surface area contributed by atoms with Crippen molar-refractivity contribution in [2.45, 2.75) is 46.3 Å². The Balaban J connectivity index is 2.29. The molecule has 0 spiro atoms. The maximum atomic E-state index is 5.94. The smallest absolute Gasteiger partial charge is 0.100 e. The summed E-state index contributed by atoms with van der Waals surface area (Å²) in [5.41, 5.74) is 5.37. The largest absolute Gasteiger partial charge is 0.376 e. The number of aryl methyl sites for hydroxylation is 3. The third kappa shape index (κ3) is 3.60. The summed E-state index contributed by atoms with van der Waals surface area (Å²) in [4.78, 5) is 0. The summed E-state index contributed by atoms with van der Waals surface area (Å²) >= 11 is 0. The third-order valence-electron chi connectivity index (χ3n) is 3.88. The summed E-state index contributed by atoms with van der Waals surface area (Å²) in [6, 6.07) is 4.73. The van der Waals surface area contributed by atoms with E-state index in [9.17, 15) is 0 Å². The lowest BCUT2D eigenvalue weighted by atomic mass is 9.91. The van der Waals surface area contributed by atoms with Gasteiger partial charge in [-0.25, -0.2) is 0 Å². The topological polar surface area (TPSA) is 30.5 Å². The second-order valence-corrected chi connectivity index (χ2v) is 5.73. The molecule has 0 aliphatic carbocycles. The van der Waals surface area contributed by atoms with Crippen molar-refractivity contribution >= 4 is 0 Å². The minimum absolute atomic E-state index is 0.107. The van der Waals surface area contributed by atoms with Crippen molar-refractivity contribution in [2.24, 2.45) is 0 Å². The average molecular weight is 277 g/mol. The van der Waals surface area contributed by atoms with Crippen LogP contribution in [0.4, 0.5) is 0 Å². The summed E-state index contributed by atoms with van der Waals surface area (Å²) in [6.45, 7) is 11.8. The fourth-order valence-corrected chi connectivity index (χ4v) is 3.10. The molecule has 1 aromatic carbocycles. The van der Waals surface area contributed by atoms with Gasteiger partial charge in [0.2, 0.25) is 0 Å². The van der Waals surface area contributed by atoms with Gasteiger partial charge in [-0.05, 0) is 50.4 Å². The monoisotopic (exact) mass is 277 g/mol. The zero-order chi connectivity index (χ0) is 14.5. The maximum absolute atomic E-state index is 5.94. The Morgan fingerprint density at radius 1 is 1.20 bits per heavy atom. The quantitative estimate of drug-likeness (QED) is 0.897. The summed E-state index contributed by atoms with van der Waals surface area (Å²) < 4.78 is 11.5. The average Bonchev–Trinajstić information content (AvgIpc) is 2.42. The molecule has 3 heteroatoms. The number of benzene rings is 1. The Kier molecular flexibility index (Phi) is 5.58. The first-order valence-corrected chi connectivity index (χ1v) is 7.64. The van der Waals surface area contributed by atoms with E-state index < -0.39 is 0 Å². The molecule has 0 aromatic heterocycles. The summed E-state index contributed by atoms with van der Waals surface area (Å²) in [5.74, 6) is 0. The zero-order valence-corrected chi connectivity index (χ0v) is 13.2. The van der Waals surface area contributed by atoms with E-state index in [-0.39, 0.29) is 12.1 Å². The molecule has 20 heavy (non-hydrogen) atoms. The van der Waals surface area contributed by atoms with Gasteiger partial charge in [0.25, 0.3) is 0 Å². The van der Waals surface area contributed by atoms with E-state index in [1.165, 1.54) is 22.3 Å². The predicted molar refractivity (Wildman–Crippen MR) is 82.2 cm³/mol. The molecule has 0 saturated carbocycles. The van der Waals surface area contributed by atoms with Crippen molar-refractivity contribution in [1.29, 1.82) is 0 Å². The Labute approximate surface area is 122 Å². The SMILES string of the molecule is CCCNC(c1c(C)cc(C)cc1C)C1COCCO1. The van der Waals surface area contributed by atoms with E-state index in [1.807, 2.05) is 0 Å². The molecule has 3 nitrogen and oxygen atoms in total. The Morgan fingerprint density at radius 3 is 2.45 bits per heavy atom. The molecule has 1 heterocycles. The molecule has 0 bridgehead atoms. The van der Waals surface area contributed by atoms with Gasteiger partial charge >= 0.3 is 0 Å². The summed E-state index contributed by atoms with van der Waals surface area (Å²) in [6.07, 6.45) is 1.23. The lowest BCUT2D eigenvalue weighted by Crippen LogP contribution is -2.41. The highest BCUT2D eigenvalue weighted by molar-refractivity contribution is 5.40. The molecule has 2 rings (SSSR count). The van der Waals surface area contributed by atoms with Crippen LogP contribution in [0, 0.1) is 20.8 Å². The van der Waals surface area contributed by atoms with Crippen molar-refractivity contribution in [3.8, 4) is 0 Å². The van der Waals surface area contributed by atoms with E-state index >= 15 is 0 Å². The molecule has 1 aromatic rings. The van der Waals surface area contributed by atoms with Gasteiger partial charge in [-0.15, -0.1) is 0 Å². The van der Waals surface area contributed by atoms with Gasteiger partial charge < -0.3 is 14.8 Å². The zero-order valence-electron chi connectivity index (χ0n) is 13.2. The molecule has 1 saturated heterocycles. The maximum Gasteiger partial charge on any atom is 0.100 e. The molecule has 112 valence electrons. The number of hydrogen-bond donors (Lipinski definition) is 1. The van der Waals surface area contributed by atoms with Crippen LogP contribution in [0.25, 0.3) is 0 Å². The van der Waals surface area contributed by atoms with Crippen molar-refractivity contribution in [3.05, 3.63) is 34.4 Å². The van der Waals surface area contributed by atoms with Crippen molar-refractivity contribution in [1.82, 2.24) is 5.32 Å². The van der Waals surface area contributed by atoms with E-state index in [0.29, 0.717) is 19.8 Å². The molecule has 0 amide bonds. The third-order valence-corrected chi connectivity index (χ3v) is 3.88. The first-order valence-electron chi connectivity index (χ1n) is 7.64. The van der Waals surface area contributed by atoms with Gasteiger partial charge in [-0.1, -0.05) is 24.6 Å². The van der Waals surface area contributed by atoms with Crippen LogP contribution in [0.5, 0.6) is 0 Å². The molecule has 1 N–H and O–H groups in total. The number of ether oxygens (including phenoxy) is 2. The fourth-order valence-electron chi connectivity index (χ4n) is 3.10. The van der Waals surface area contributed by atoms with Crippen molar-refractivity contribution in [3.63, 3.8) is 0 Å². The van der Waals surface area contributed by atoms with Gasteiger partial charge in [0.05, 0.1) is 25.9 Å². The molecular formula is C17H27NO2. The van der Waals surface area contributed by atoms with Gasteiger partial charge in [0.15, 0.2) is 0 Å². The van der Waals surface area contributed by atoms with Crippen LogP contribution in [0.2, 0.25) is 0 Å². The highest BCUT2D eigenvalue weighted by atomic mass is 16.6. The standard InChI is InChI=1S/C17H27NO2/c1-5-6-18-17(15-11-19-7-8-20-15)16-13(3)9-12(2)10-14(16)4/h9-10,15,17-18H,5-8,11H2,1-4H3. The first kappa shape index (κ1) is 15.5. The lowest BCUT2D eigenvalue weighted by molar-refractivity contribution is -0.102. The molecule has 1 aliphatic rings. The molecule has 1 aliphatic heterocycles. The van der Waals surface area contributed by atoms with Crippen molar-refractivity contribution in [2.75, 3.05) is 26.4 Å². The van der Waals surface area contributed by atoms with Crippen LogP contribution < -0.4 is 5.32 Å². The van der Waals surface area contributed by atoms with E-state index in [0.717, 1.165) is 13.0 Å². The van der Waals surface area contributed by atoms with E-state index in [4.69, 9.17) is 9.47 Å². The van der Waals surface area contributed by atoms with Gasteiger partial charge in [-0.2, -0.15) is 0 Å². The lowest BCUT2D eigenvalue weighted by Gasteiger charge is -2.33. The molecule has 0 radical (unpaired) electrons. The van der Waals surface area contributed by atoms with E-state index in [2.05, 4.69) is 45.1 Å².